The minimum Gasteiger partial charge on any atom is -0.484 e. The monoisotopic (exact) mass is 327 g/mol. The van der Waals surface area contributed by atoms with Crippen LogP contribution in [0.2, 0.25) is 0 Å². The van der Waals surface area contributed by atoms with Crippen molar-refractivity contribution in [1.82, 2.24) is 14.5 Å². The van der Waals surface area contributed by atoms with Gasteiger partial charge in [-0.05, 0) is 37.1 Å². The van der Waals surface area contributed by atoms with Crippen LogP contribution in [0.25, 0.3) is 0 Å². The number of pyridine rings is 1. The molecule has 24 heavy (non-hydrogen) atoms. The third-order valence-electron chi connectivity index (χ3n) is 4.82. The average molecular weight is 327 g/mol. The molecule has 126 valence electrons. The van der Waals surface area contributed by atoms with Gasteiger partial charge in [0.1, 0.15) is 23.7 Å². The number of amides is 1. The fourth-order valence-electron chi connectivity index (χ4n) is 3.67. The Morgan fingerprint density at radius 2 is 2.29 bits per heavy atom. The zero-order valence-corrected chi connectivity index (χ0v) is 13.7. The Bertz CT molecular complexity index is 715. The number of ether oxygens (including phenoxy) is 2. The highest BCUT2D eigenvalue weighted by atomic mass is 16.5. The lowest BCUT2D eigenvalue weighted by atomic mass is 10.0. The van der Waals surface area contributed by atoms with Crippen molar-refractivity contribution >= 4 is 5.91 Å². The van der Waals surface area contributed by atoms with Crippen molar-refractivity contribution in [1.29, 1.82) is 0 Å². The summed E-state index contributed by atoms with van der Waals surface area (Å²) in [7, 11) is 1.89. The maximum atomic E-state index is 13.0. The summed E-state index contributed by atoms with van der Waals surface area (Å²) in [6.07, 6.45) is 6.98. The van der Waals surface area contributed by atoms with E-state index < -0.39 is 0 Å². The Balaban J connectivity index is 1.57. The summed E-state index contributed by atoms with van der Waals surface area (Å²) in [4.78, 5) is 19.0. The molecule has 0 N–H and O–H groups in total. The molecule has 0 aliphatic carbocycles. The Kier molecular flexibility index (Phi) is 3.98. The van der Waals surface area contributed by atoms with Crippen molar-refractivity contribution in [2.24, 2.45) is 7.05 Å². The predicted octanol–water partition coefficient (Wildman–Crippen LogP) is 1.87. The molecule has 2 aromatic rings. The first-order valence-electron chi connectivity index (χ1n) is 8.34. The molecule has 2 saturated heterocycles. The van der Waals surface area contributed by atoms with Gasteiger partial charge in [-0.3, -0.25) is 9.78 Å². The van der Waals surface area contributed by atoms with Gasteiger partial charge in [0.25, 0.3) is 5.91 Å². The van der Waals surface area contributed by atoms with Gasteiger partial charge in [0.2, 0.25) is 0 Å². The van der Waals surface area contributed by atoms with Crippen LogP contribution in [0.1, 0.15) is 23.3 Å². The smallest absolute Gasteiger partial charge is 0.270 e. The third-order valence-corrected chi connectivity index (χ3v) is 4.82. The predicted molar refractivity (Wildman–Crippen MR) is 87.9 cm³/mol. The Hall–Kier alpha value is -2.34. The largest absolute Gasteiger partial charge is 0.484 e. The maximum Gasteiger partial charge on any atom is 0.270 e. The lowest BCUT2D eigenvalue weighted by Crippen LogP contribution is -2.44. The second-order valence-electron chi connectivity index (χ2n) is 6.35. The van der Waals surface area contributed by atoms with E-state index in [-0.39, 0.29) is 24.2 Å². The quantitative estimate of drug-likeness (QED) is 0.864. The topological polar surface area (TPSA) is 56.6 Å². The number of nitrogens with zero attached hydrogens (tertiary/aromatic N) is 3. The standard InChI is InChI=1S/C18H21N3O3/c1-20-9-3-6-15(20)18(22)21-12-16(17-14(21)7-4-10-23-17)24-13-5-2-8-19-11-13/h2-3,5-6,8-9,11,14,16-17H,4,7,10,12H2,1H3/t14-,16+,17+/m0/s1. The van der Waals surface area contributed by atoms with Gasteiger partial charge in [-0.15, -0.1) is 0 Å². The van der Waals surface area contributed by atoms with E-state index in [2.05, 4.69) is 4.98 Å². The van der Waals surface area contributed by atoms with E-state index in [0.29, 0.717) is 18.0 Å². The number of rotatable bonds is 3. The number of hydrogen-bond acceptors (Lipinski definition) is 4. The highest BCUT2D eigenvalue weighted by Crippen LogP contribution is 2.32. The number of fused-ring (bicyclic) bond motifs is 1. The van der Waals surface area contributed by atoms with E-state index in [9.17, 15) is 4.79 Å². The minimum atomic E-state index is -0.163. The molecule has 2 aromatic heterocycles. The van der Waals surface area contributed by atoms with E-state index >= 15 is 0 Å². The number of likely N-dealkylation sites (tertiary alicyclic amines) is 1. The molecule has 0 saturated carbocycles. The normalized spacial score (nSPS) is 26.2. The molecule has 4 heterocycles. The fourth-order valence-corrected chi connectivity index (χ4v) is 3.67. The number of aromatic nitrogens is 2. The van der Waals surface area contributed by atoms with E-state index in [0.717, 1.165) is 19.4 Å². The van der Waals surface area contributed by atoms with Crippen LogP contribution in [0.3, 0.4) is 0 Å². The van der Waals surface area contributed by atoms with E-state index in [4.69, 9.17) is 9.47 Å². The summed E-state index contributed by atoms with van der Waals surface area (Å²) >= 11 is 0. The van der Waals surface area contributed by atoms with Crippen LogP contribution in [-0.4, -0.2) is 51.8 Å². The van der Waals surface area contributed by atoms with Crippen molar-refractivity contribution in [3.05, 3.63) is 48.5 Å². The van der Waals surface area contributed by atoms with Crippen LogP contribution >= 0.6 is 0 Å². The zero-order chi connectivity index (χ0) is 16.5. The van der Waals surface area contributed by atoms with Gasteiger partial charge in [-0.1, -0.05) is 0 Å². The summed E-state index contributed by atoms with van der Waals surface area (Å²) in [6.45, 7) is 1.26. The van der Waals surface area contributed by atoms with Gasteiger partial charge in [0.15, 0.2) is 0 Å². The van der Waals surface area contributed by atoms with Crippen LogP contribution in [0.5, 0.6) is 5.75 Å². The molecule has 6 nitrogen and oxygen atoms in total. The SMILES string of the molecule is Cn1cccc1C(=O)N1C[C@@H](Oc2cccnc2)[C@@H]2OCCC[C@@H]21. The zero-order valence-electron chi connectivity index (χ0n) is 13.7. The lowest BCUT2D eigenvalue weighted by molar-refractivity contribution is -0.0447. The Morgan fingerprint density at radius 1 is 1.38 bits per heavy atom. The molecule has 2 fully saturated rings. The first-order chi connectivity index (χ1) is 11.7. The van der Waals surface area contributed by atoms with Crippen LogP contribution < -0.4 is 4.74 Å². The van der Waals surface area contributed by atoms with Gasteiger partial charge in [0, 0.05) is 26.0 Å². The van der Waals surface area contributed by atoms with Crippen LogP contribution in [0.4, 0.5) is 0 Å². The second kappa shape index (κ2) is 6.28. The van der Waals surface area contributed by atoms with Crippen molar-refractivity contribution in [2.45, 2.75) is 31.1 Å². The van der Waals surface area contributed by atoms with Crippen LogP contribution in [0.15, 0.2) is 42.9 Å². The number of hydrogen-bond donors (Lipinski definition) is 0. The van der Waals surface area contributed by atoms with Gasteiger partial charge >= 0.3 is 0 Å². The number of aryl methyl sites for hydroxylation is 1. The van der Waals surface area contributed by atoms with Gasteiger partial charge < -0.3 is 18.9 Å². The molecule has 0 unspecified atom stereocenters. The van der Waals surface area contributed by atoms with E-state index in [1.165, 1.54) is 0 Å². The number of carbonyl (C=O) groups is 1. The molecule has 0 bridgehead atoms. The van der Waals surface area contributed by atoms with Crippen molar-refractivity contribution in [3.63, 3.8) is 0 Å². The Labute approximate surface area is 141 Å². The molecule has 4 rings (SSSR count). The molecule has 0 aromatic carbocycles. The molecule has 0 radical (unpaired) electrons. The molecular weight excluding hydrogens is 306 g/mol. The van der Waals surface area contributed by atoms with Gasteiger partial charge in [0.05, 0.1) is 18.8 Å². The minimum absolute atomic E-state index is 0.0419. The first kappa shape index (κ1) is 15.2. The highest BCUT2D eigenvalue weighted by Gasteiger charge is 2.47. The molecule has 2 aliphatic rings. The van der Waals surface area contributed by atoms with Crippen LogP contribution in [-0.2, 0) is 11.8 Å². The summed E-state index contributed by atoms with van der Waals surface area (Å²) in [5, 5.41) is 0. The molecule has 1 amide bonds. The highest BCUT2D eigenvalue weighted by molar-refractivity contribution is 5.93. The summed E-state index contributed by atoms with van der Waals surface area (Å²) in [5.74, 6) is 0.754. The average Bonchev–Trinajstić information content (AvgIpc) is 3.20. The number of carbonyl (C=O) groups excluding carboxylic acids is 1. The van der Waals surface area contributed by atoms with Crippen molar-refractivity contribution in [2.75, 3.05) is 13.2 Å². The summed E-state index contributed by atoms with van der Waals surface area (Å²) in [6, 6.07) is 7.55. The fraction of sp³-hybridized carbons (Fsp3) is 0.444. The van der Waals surface area contributed by atoms with Gasteiger partial charge in [-0.25, -0.2) is 0 Å². The van der Waals surface area contributed by atoms with E-state index in [1.807, 2.05) is 47.0 Å². The molecular formula is C18H21N3O3. The second-order valence-corrected chi connectivity index (χ2v) is 6.35. The van der Waals surface area contributed by atoms with Crippen LogP contribution in [0, 0.1) is 0 Å². The lowest BCUT2D eigenvalue weighted by Gasteiger charge is -2.32. The van der Waals surface area contributed by atoms with E-state index in [1.54, 1.807) is 12.4 Å². The van der Waals surface area contributed by atoms with Gasteiger partial charge in [-0.2, -0.15) is 0 Å². The first-order valence-corrected chi connectivity index (χ1v) is 8.34. The molecule has 6 heteroatoms. The summed E-state index contributed by atoms with van der Waals surface area (Å²) in [5.41, 5.74) is 0.696. The summed E-state index contributed by atoms with van der Waals surface area (Å²) < 4.78 is 13.9. The maximum absolute atomic E-state index is 13.0. The van der Waals surface area contributed by atoms with Crippen molar-refractivity contribution < 1.29 is 14.3 Å². The molecule has 0 spiro atoms. The molecule has 2 aliphatic heterocycles. The molecule has 3 atom stereocenters. The Morgan fingerprint density at radius 3 is 3.04 bits per heavy atom. The third kappa shape index (κ3) is 2.67. The van der Waals surface area contributed by atoms with Crippen molar-refractivity contribution in [3.8, 4) is 5.75 Å².